The van der Waals surface area contributed by atoms with Gasteiger partial charge in [0.25, 0.3) is 0 Å². The van der Waals surface area contributed by atoms with Gasteiger partial charge in [-0.05, 0) is 25.3 Å². The Morgan fingerprint density at radius 1 is 1.35 bits per heavy atom. The van der Waals surface area contributed by atoms with E-state index in [9.17, 15) is 0 Å². The van der Waals surface area contributed by atoms with Crippen molar-refractivity contribution in [2.24, 2.45) is 5.84 Å². The molecule has 1 aromatic rings. The van der Waals surface area contributed by atoms with E-state index in [1.54, 1.807) is 0 Å². The predicted molar refractivity (Wildman–Crippen MR) is 83.3 cm³/mol. The van der Waals surface area contributed by atoms with Crippen LogP contribution in [0.4, 0.5) is 0 Å². The van der Waals surface area contributed by atoms with Gasteiger partial charge in [0.1, 0.15) is 0 Å². The summed E-state index contributed by atoms with van der Waals surface area (Å²) >= 11 is 0. The lowest BCUT2D eigenvalue weighted by atomic mass is 9.96. The van der Waals surface area contributed by atoms with Crippen molar-refractivity contribution < 1.29 is 0 Å². The molecule has 1 saturated carbocycles. The van der Waals surface area contributed by atoms with Gasteiger partial charge in [0.05, 0.1) is 11.7 Å². The summed E-state index contributed by atoms with van der Waals surface area (Å²) in [5.41, 5.74) is 4.12. The Bertz CT molecular complexity index is 368. The zero-order valence-electron chi connectivity index (χ0n) is 12.9. The number of aromatic nitrogens is 2. The van der Waals surface area contributed by atoms with Crippen LogP contribution in [0.15, 0.2) is 12.3 Å². The molecule has 114 valence electrons. The van der Waals surface area contributed by atoms with Gasteiger partial charge in [-0.25, -0.2) is 0 Å². The summed E-state index contributed by atoms with van der Waals surface area (Å²) in [5, 5.41) is 4.77. The van der Waals surface area contributed by atoms with Crippen LogP contribution in [-0.2, 0) is 6.42 Å². The van der Waals surface area contributed by atoms with Crippen molar-refractivity contribution >= 4 is 0 Å². The number of hydrogen-bond donors (Lipinski definition) is 2. The van der Waals surface area contributed by atoms with Crippen molar-refractivity contribution in [1.29, 1.82) is 0 Å². The summed E-state index contributed by atoms with van der Waals surface area (Å²) in [6.45, 7) is 2.23. The molecular weight excluding hydrogens is 248 g/mol. The average molecular weight is 278 g/mol. The van der Waals surface area contributed by atoms with Crippen LogP contribution in [0, 0.1) is 0 Å². The number of nitrogens with one attached hydrogen (secondary N) is 1. The van der Waals surface area contributed by atoms with Crippen molar-refractivity contribution in [3.8, 4) is 0 Å². The molecule has 0 saturated heterocycles. The highest BCUT2D eigenvalue weighted by Crippen LogP contribution is 2.27. The molecule has 2 rings (SSSR count). The van der Waals surface area contributed by atoms with Gasteiger partial charge in [-0.1, -0.05) is 45.4 Å². The summed E-state index contributed by atoms with van der Waals surface area (Å²) in [4.78, 5) is 0. The van der Waals surface area contributed by atoms with E-state index in [2.05, 4.69) is 29.3 Å². The Kier molecular flexibility index (Phi) is 6.54. The zero-order chi connectivity index (χ0) is 14.2. The SMILES string of the molecule is CCCCCC(Cc1ccn(C2CCCCC2)n1)NN. The van der Waals surface area contributed by atoms with Gasteiger partial charge in [0, 0.05) is 18.7 Å². The van der Waals surface area contributed by atoms with Crippen molar-refractivity contribution in [3.63, 3.8) is 0 Å². The molecular formula is C16H30N4. The summed E-state index contributed by atoms with van der Waals surface area (Å²) in [6, 6.07) is 3.15. The quantitative estimate of drug-likeness (QED) is 0.435. The van der Waals surface area contributed by atoms with Gasteiger partial charge in [-0.3, -0.25) is 16.0 Å². The lowest BCUT2D eigenvalue weighted by Gasteiger charge is -2.22. The van der Waals surface area contributed by atoms with Gasteiger partial charge in [-0.2, -0.15) is 5.10 Å². The van der Waals surface area contributed by atoms with E-state index in [1.807, 2.05) is 0 Å². The first kappa shape index (κ1) is 15.5. The fourth-order valence-corrected chi connectivity index (χ4v) is 3.17. The summed E-state index contributed by atoms with van der Waals surface area (Å²) in [7, 11) is 0. The molecule has 1 aliphatic carbocycles. The molecule has 4 nitrogen and oxygen atoms in total. The van der Waals surface area contributed by atoms with Crippen molar-refractivity contribution in [2.75, 3.05) is 0 Å². The van der Waals surface area contributed by atoms with Crippen LogP contribution in [0.2, 0.25) is 0 Å². The molecule has 0 amide bonds. The molecule has 0 aliphatic heterocycles. The molecule has 0 spiro atoms. The summed E-state index contributed by atoms with van der Waals surface area (Å²) in [5.74, 6) is 5.67. The van der Waals surface area contributed by atoms with Gasteiger partial charge in [-0.15, -0.1) is 0 Å². The first-order valence-electron chi connectivity index (χ1n) is 8.33. The molecule has 0 aromatic carbocycles. The lowest BCUT2D eigenvalue weighted by Crippen LogP contribution is -2.36. The topological polar surface area (TPSA) is 55.9 Å². The zero-order valence-corrected chi connectivity index (χ0v) is 12.9. The second-order valence-corrected chi connectivity index (χ2v) is 6.14. The number of unbranched alkanes of at least 4 members (excludes halogenated alkanes) is 2. The Hall–Kier alpha value is -0.870. The van der Waals surface area contributed by atoms with E-state index in [4.69, 9.17) is 10.9 Å². The van der Waals surface area contributed by atoms with Crippen molar-refractivity contribution in [2.45, 2.75) is 83.2 Å². The normalized spacial score (nSPS) is 18.3. The third-order valence-electron chi connectivity index (χ3n) is 4.46. The second kappa shape index (κ2) is 8.42. The van der Waals surface area contributed by atoms with Crippen molar-refractivity contribution in [1.82, 2.24) is 15.2 Å². The Labute approximate surface area is 123 Å². The maximum atomic E-state index is 5.67. The summed E-state index contributed by atoms with van der Waals surface area (Å²) in [6.07, 6.45) is 14.7. The highest BCUT2D eigenvalue weighted by atomic mass is 15.3. The smallest absolute Gasteiger partial charge is 0.0640 e. The monoisotopic (exact) mass is 278 g/mol. The molecule has 1 unspecified atom stereocenters. The fraction of sp³-hybridized carbons (Fsp3) is 0.812. The minimum absolute atomic E-state index is 0.358. The summed E-state index contributed by atoms with van der Waals surface area (Å²) < 4.78 is 2.19. The standard InChI is InChI=1S/C16H30N4/c1-2-3-5-8-14(18-17)13-15-11-12-20(19-15)16-9-6-4-7-10-16/h11-12,14,16,18H,2-10,13,17H2,1H3. The Morgan fingerprint density at radius 3 is 2.85 bits per heavy atom. The van der Waals surface area contributed by atoms with Crippen LogP contribution in [0.25, 0.3) is 0 Å². The Balaban J connectivity index is 1.84. The highest BCUT2D eigenvalue weighted by Gasteiger charge is 2.17. The minimum atomic E-state index is 0.358. The van der Waals surface area contributed by atoms with E-state index in [1.165, 1.54) is 57.1 Å². The van der Waals surface area contributed by atoms with E-state index in [0.717, 1.165) is 12.8 Å². The van der Waals surface area contributed by atoms with Gasteiger partial charge < -0.3 is 0 Å². The second-order valence-electron chi connectivity index (χ2n) is 6.14. The van der Waals surface area contributed by atoms with Crippen LogP contribution < -0.4 is 11.3 Å². The fourth-order valence-electron chi connectivity index (χ4n) is 3.17. The number of rotatable bonds is 8. The largest absolute Gasteiger partial charge is 0.271 e. The molecule has 1 fully saturated rings. The predicted octanol–water partition coefficient (Wildman–Crippen LogP) is 3.34. The number of hydrazine groups is 1. The van der Waals surface area contributed by atoms with Crippen LogP contribution in [0.3, 0.4) is 0 Å². The van der Waals surface area contributed by atoms with Gasteiger partial charge in [0.15, 0.2) is 0 Å². The van der Waals surface area contributed by atoms with Crippen LogP contribution >= 0.6 is 0 Å². The minimum Gasteiger partial charge on any atom is -0.271 e. The van der Waals surface area contributed by atoms with Crippen molar-refractivity contribution in [3.05, 3.63) is 18.0 Å². The Morgan fingerprint density at radius 2 is 2.15 bits per heavy atom. The molecule has 0 radical (unpaired) electrons. The molecule has 1 heterocycles. The van der Waals surface area contributed by atoms with E-state index < -0.39 is 0 Å². The van der Waals surface area contributed by atoms with E-state index >= 15 is 0 Å². The number of hydrogen-bond acceptors (Lipinski definition) is 3. The van der Waals surface area contributed by atoms with E-state index in [0.29, 0.717) is 12.1 Å². The number of nitrogens with zero attached hydrogens (tertiary/aromatic N) is 2. The average Bonchev–Trinajstić information content (AvgIpc) is 2.96. The molecule has 4 heteroatoms. The maximum absolute atomic E-state index is 5.67. The van der Waals surface area contributed by atoms with E-state index in [-0.39, 0.29) is 0 Å². The van der Waals surface area contributed by atoms with Crippen LogP contribution in [0.1, 0.15) is 76.4 Å². The van der Waals surface area contributed by atoms with Crippen LogP contribution in [0.5, 0.6) is 0 Å². The molecule has 3 N–H and O–H groups in total. The first-order chi connectivity index (χ1) is 9.83. The van der Waals surface area contributed by atoms with Gasteiger partial charge >= 0.3 is 0 Å². The third kappa shape index (κ3) is 4.60. The third-order valence-corrected chi connectivity index (χ3v) is 4.46. The highest BCUT2D eigenvalue weighted by molar-refractivity contribution is 5.02. The van der Waals surface area contributed by atoms with Crippen LogP contribution in [-0.4, -0.2) is 15.8 Å². The first-order valence-corrected chi connectivity index (χ1v) is 8.33. The lowest BCUT2D eigenvalue weighted by molar-refractivity contribution is 0.327. The van der Waals surface area contributed by atoms with Gasteiger partial charge in [0.2, 0.25) is 0 Å². The molecule has 20 heavy (non-hydrogen) atoms. The molecule has 0 bridgehead atoms. The number of nitrogens with two attached hydrogens (primary N) is 1. The molecule has 1 aromatic heterocycles. The molecule has 1 atom stereocenters. The molecule has 1 aliphatic rings. The maximum Gasteiger partial charge on any atom is 0.0640 e.